The molecule has 2 amide bonds. The number of carbonyl (C=O) groups is 2. The van der Waals surface area contributed by atoms with Crippen molar-refractivity contribution in [3.63, 3.8) is 0 Å². The molecule has 0 N–H and O–H groups in total. The standard InChI is InChI=1S/C28H37N3O3/c1-22(32)31-20-19-30(21-25(31)24-11-7-8-12-26(24)34-3)27(33)28(2)14-17-29(18-15-28)16-13-23-9-5-4-6-10-23/h4-12,25H,13-21H2,1-3H3. The maximum atomic E-state index is 13.7. The summed E-state index contributed by atoms with van der Waals surface area (Å²) in [6, 6.07) is 18.2. The number of nitrogens with zero attached hydrogens (tertiary/aromatic N) is 3. The molecule has 2 saturated heterocycles. The van der Waals surface area contributed by atoms with Crippen LogP contribution in [-0.2, 0) is 16.0 Å². The van der Waals surface area contributed by atoms with Crippen molar-refractivity contribution in [1.82, 2.24) is 14.7 Å². The van der Waals surface area contributed by atoms with Crippen LogP contribution >= 0.6 is 0 Å². The van der Waals surface area contributed by atoms with Gasteiger partial charge in [-0.15, -0.1) is 0 Å². The molecule has 34 heavy (non-hydrogen) atoms. The number of para-hydroxylation sites is 1. The molecule has 2 aromatic carbocycles. The second kappa shape index (κ2) is 10.6. The predicted molar refractivity (Wildman–Crippen MR) is 134 cm³/mol. The van der Waals surface area contributed by atoms with Crippen molar-refractivity contribution < 1.29 is 14.3 Å². The molecule has 1 atom stereocenters. The average Bonchev–Trinajstić information content (AvgIpc) is 2.88. The molecule has 6 heteroatoms. The molecule has 2 fully saturated rings. The molecule has 2 aromatic rings. The lowest BCUT2D eigenvalue weighted by molar-refractivity contribution is -0.150. The van der Waals surface area contributed by atoms with Gasteiger partial charge in [0.1, 0.15) is 5.75 Å². The Balaban J connectivity index is 1.40. The minimum atomic E-state index is -0.354. The van der Waals surface area contributed by atoms with Gasteiger partial charge >= 0.3 is 0 Å². The van der Waals surface area contributed by atoms with E-state index in [-0.39, 0.29) is 23.3 Å². The number of likely N-dealkylation sites (tertiary alicyclic amines) is 1. The Morgan fingerprint density at radius 1 is 0.971 bits per heavy atom. The van der Waals surface area contributed by atoms with Gasteiger partial charge in [-0.1, -0.05) is 55.5 Å². The Bertz CT molecular complexity index is 985. The molecule has 1 unspecified atom stereocenters. The number of carbonyl (C=O) groups excluding carboxylic acids is 2. The van der Waals surface area contributed by atoms with Crippen molar-refractivity contribution in [2.45, 2.75) is 39.2 Å². The van der Waals surface area contributed by atoms with E-state index in [1.54, 1.807) is 14.0 Å². The summed E-state index contributed by atoms with van der Waals surface area (Å²) in [6.07, 6.45) is 2.78. The van der Waals surface area contributed by atoms with E-state index in [0.29, 0.717) is 19.6 Å². The summed E-state index contributed by atoms with van der Waals surface area (Å²) in [4.78, 5) is 32.5. The van der Waals surface area contributed by atoms with E-state index in [9.17, 15) is 9.59 Å². The SMILES string of the molecule is COc1ccccc1C1CN(C(=O)C2(C)CCN(CCc3ccccc3)CC2)CCN1C(C)=O. The lowest BCUT2D eigenvalue weighted by Crippen LogP contribution is -2.56. The third-order valence-electron chi connectivity index (χ3n) is 7.61. The smallest absolute Gasteiger partial charge is 0.228 e. The van der Waals surface area contributed by atoms with Crippen molar-refractivity contribution in [1.29, 1.82) is 0 Å². The monoisotopic (exact) mass is 463 g/mol. The van der Waals surface area contributed by atoms with E-state index >= 15 is 0 Å². The minimum absolute atomic E-state index is 0.0286. The Labute approximate surface area is 203 Å². The number of benzene rings is 2. The Morgan fingerprint density at radius 2 is 1.65 bits per heavy atom. The zero-order valence-corrected chi connectivity index (χ0v) is 20.7. The Kier molecular flexibility index (Phi) is 7.57. The van der Waals surface area contributed by atoms with Crippen molar-refractivity contribution >= 4 is 11.8 Å². The highest BCUT2D eigenvalue weighted by atomic mass is 16.5. The maximum absolute atomic E-state index is 13.7. The predicted octanol–water partition coefficient (Wildman–Crippen LogP) is 3.77. The number of piperazine rings is 1. The van der Waals surface area contributed by atoms with Gasteiger partial charge in [-0.3, -0.25) is 9.59 Å². The van der Waals surface area contributed by atoms with Crippen LogP contribution in [0.1, 0.15) is 43.9 Å². The number of amides is 2. The lowest BCUT2D eigenvalue weighted by Gasteiger charge is -2.46. The van der Waals surface area contributed by atoms with Crippen molar-refractivity contribution in [2.75, 3.05) is 46.4 Å². The van der Waals surface area contributed by atoms with Gasteiger partial charge in [-0.25, -0.2) is 0 Å². The van der Waals surface area contributed by atoms with Crippen molar-refractivity contribution in [3.05, 3.63) is 65.7 Å². The van der Waals surface area contributed by atoms with E-state index in [2.05, 4.69) is 42.2 Å². The van der Waals surface area contributed by atoms with Crippen molar-refractivity contribution in [3.8, 4) is 5.75 Å². The molecule has 0 saturated carbocycles. The molecule has 2 aliphatic heterocycles. The summed E-state index contributed by atoms with van der Waals surface area (Å²) in [6.45, 7) is 8.27. The van der Waals surface area contributed by atoms with Crippen LogP contribution in [0.3, 0.4) is 0 Å². The molecule has 0 spiro atoms. The van der Waals surface area contributed by atoms with E-state index in [1.807, 2.05) is 34.1 Å². The van der Waals surface area contributed by atoms with Gasteiger partial charge in [0.25, 0.3) is 0 Å². The zero-order chi connectivity index (χ0) is 24.1. The summed E-state index contributed by atoms with van der Waals surface area (Å²) < 4.78 is 5.58. The van der Waals surface area contributed by atoms with Crippen LogP contribution < -0.4 is 4.74 Å². The first-order valence-electron chi connectivity index (χ1n) is 12.4. The van der Waals surface area contributed by atoms with Crippen LogP contribution in [0.15, 0.2) is 54.6 Å². The first-order chi connectivity index (χ1) is 16.4. The van der Waals surface area contributed by atoms with Gasteiger partial charge in [0.2, 0.25) is 11.8 Å². The number of hydrogen-bond acceptors (Lipinski definition) is 4. The molecule has 182 valence electrons. The largest absolute Gasteiger partial charge is 0.496 e. The summed E-state index contributed by atoms with van der Waals surface area (Å²) in [7, 11) is 1.65. The molecular weight excluding hydrogens is 426 g/mol. The van der Waals surface area contributed by atoms with Gasteiger partial charge in [0.05, 0.1) is 13.2 Å². The van der Waals surface area contributed by atoms with Crippen LogP contribution in [-0.4, -0.2) is 72.9 Å². The quantitative estimate of drug-likeness (QED) is 0.654. The second-order valence-electron chi connectivity index (χ2n) is 9.86. The van der Waals surface area contributed by atoms with Gasteiger partial charge in [-0.2, -0.15) is 0 Å². The number of piperidine rings is 1. The average molecular weight is 464 g/mol. The number of hydrogen-bond donors (Lipinski definition) is 0. The summed E-state index contributed by atoms with van der Waals surface area (Å²) in [5, 5.41) is 0. The molecule has 2 heterocycles. The third-order valence-corrected chi connectivity index (χ3v) is 7.61. The molecule has 0 radical (unpaired) electrons. The normalized spacial score (nSPS) is 20.7. The Hall–Kier alpha value is -2.86. The van der Waals surface area contributed by atoms with Crippen LogP contribution in [0, 0.1) is 5.41 Å². The fraction of sp³-hybridized carbons (Fsp3) is 0.500. The fourth-order valence-corrected chi connectivity index (χ4v) is 5.35. The molecule has 2 aliphatic rings. The second-order valence-corrected chi connectivity index (χ2v) is 9.86. The minimum Gasteiger partial charge on any atom is -0.496 e. The summed E-state index contributed by atoms with van der Waals surface area (Å²) in [5.41, 5.74) is 1.96. The topological polar surface area (TPSA) is 53.1 Å². The van der Waals surface area contributed by atoms with E-state index in [4.69, 9.17) is 4.74 Å². The van der Waals surface area contributed by atoms with Crippen molar-refractivity contribution in [2.24, 2.45) is 5.41 Å². The van der Waals surface area contributed by atoms with Gasteiger partial charge in [0, 0.05) is 44.1 Å². The number of rotatable bonds is 6. The molecule has 0 aromatic heterocycles. The van der Waals surface area contributed by atoms with Gasteiger partial charge in [0.15, 0.2) is 0 Å². The highest BCUT2D eigenvalue weighted by Crippen LogP contribution is 2.37. The molecule has 0 aliphatic carbocycles. The summed E-state index contributed by atoms with van der Waals surface area (Å²) >= 11 is 0. The van der Waals surface area contributed by atoms with Crippen LogP contribution in [0.5, 0.6) is 5.75 Å². The molecule has 0 bridgehead atoms. The van der Waals surface area contributed by atoms with E-state index in [1.165, 1.54) is 5.56 Å². The van der Waals surface area contributed by atoms with E-state index < -0.39 is 0 Å². The molecule has 4 rings (SSSR count). The highest BCUT2D eigenvalue weighted by molar-refractivity contribution is 5.83. The van der Waals surface area contributed by atoms with Crippen LogP contribution in [0.25, 0.3) is 0 Å². The number of ether oxygens (including phenoxy) is 1. The van der Waals surface area contributed by atoms with Gasteiger partial charge < -0.3 is 19.4 Å². The lowest BCUT2D eigenvalue weighted by atomic mass is 9.78. The third kappa shape index (κ3) is 5.27. The number of methoxy groups -OCH3 is 1. The first-order valence-corrected chi connectivity index (χ1v) is 12.4. The van der Waals surface area contributed by atoms with Gasteiger partial charge in [-0.05, 0) is 44.0 Å². The maximum Gasteiger partial charge on any atom is 0.228 e. The Morgan fingerprint density at radius 3 is 2.32 bits per heavy atom. The highest BCUT2D eigenvalue weighted by Gasteiger charge is 2.42. The zero-order valence-electron chi connectivity index (χ0n) is 20.7. The summed E-state index contributed by atoms with van der Waals surface area (Å²) in [5.74, 6) is 1.00. The molecule has 6 nitrogen and oxygen atoms in total. The van der Waals surface area contributed by atoms with E-state index in [0.717, 1.165) is 50.2 Å². The van der Waals surface area contributed by atoms with Crippen LogP contribution in [0.2, 0.25) is 0 Å². The van der Waals surface area contributed by atoms with Crippen LogP contribution in [0.4, 0.5) is 0 Å². The fourth-order valence-electron chi connectivity index (χ4n) is 5.35. The molecular formula is C28H37N3O3. The first kappa shape index (κ1) is 24.3.